The second-order valence-electron chi connectivity index (χ2n) is 7.50. The number of aromatic amines is 2. The molecule has 2 aliphatic heterocycles. The van der Waals surface area contributed by atoms with Gasteiger partial charge in [-0.2, -0.15) is 30.3 Å². The number of benzene rings is 1. The summed E-state index contributed by atoms with van der Waals surface area (Å²) in [7, 11) is 0. The SMILES string of the molecule is C1=Cc2cc3ccc(cc4ccc(cc5nc(cc1n2)C=C5)[nH]4)[nH]3.O=C(O)c1cc[c-]cc1.[V]. The Labute approximate surface area is 207 Å². The first-order valence-electron chi connectivity index (χ1n) is 10.3. The first-order chi connectivity index (χ1) is 16.1. The maximum atomic E-state index is 10.2. The predicted octanol–water partition coefficient (Wildman–Crippen LogP) is 5.84. The summed E-state index contributed by atoms with van der Waals surface area (Å²) in [6.07, 6.45) is 8.05. The molecule has 1 aromatic carbocycles. The number of carbonyl (C=O) groups is 1. The molecule has 2 aliphatic rings. The molecule has 0 saturated heterocycles. The topological polar surface area (TPSA) is 94.7 Å². The zero-order valence-electron chi connectivity index (χ0n) is 17.9. The number of hydrogen-bond donors (Lipinski definition) is 3. The molecule has 3 N–H and O–H groups in total. The molecule has 0 atom stereocenters. The van der Waals surface area contributed by atoms with Crippen LogP contribution in [0.15, 0.2) is 72.8 Å². The van der Waals surface area contributed by atoms with Gasteiger partial charge in [-0.1, -0.05) is 0 Å². The van der Waals surface area contributed by atoms with Crippen LogP contribution >= 0.6 is 0 Å². The predicted molar refractivity (Wildman–Crippen MR) is 131 cm³/mol. The monoisotopic (exact) mass is 482 g/mol. The summed E-state index contributed by atoms with van der Waals surface area (Å²) in [5.41, 5.74) is 8.16. The number of carboxylic acid groups (broad SMARTS) is 1. The number of rotatable bonds is 1. The van der Waals surface area contributed by atoms with Crippen molar-refractivity contribution >= 4 is 52.3 Å². The van der Waals surface area contributed by atoms with Crippen molar-refractivity contribution in [2.24, 2.45) is 0 Å². The molecule has 0 saturated carbocycles. The van der Waals surface area contributed by atoms with E-state index in [-0.39, 0.29) is 18.6 Å². The Balaban J connectivity index is 0.000000234. The van der Waals surface area contributed by atoms with Crippen LogP contribution in [0.1, 0.15) is 33.1 Å². The van der Waals surface area contributed by atoms with Gasteiger partial charge in [-0.3, -0.25) is 0 Å². The van der Waals surface area contributed by atoms with Gasteiger partial charge in [0.2, 0.25) is 0 Å². The molecule has 0 amide bonds. The fraction of sp³-hybridized carbons (Fsp3) is 0. The summed E-state index contributed by atoms with van der Waals surface area (Å²) in [6.45, 7) is 0. The van der Waals surface area contributed by atoms with Crippen LogP contribution < -0.4 is 0 Å². The van der Waals surface area contributed by atoms with Crippen molar-refractivity contribution in [1.82, 2.24) is 19.9 Å². The molecule has 8 bridgehead atoms. The van der Waals surface area contributed by atoms with E-state index in [0.29, 0.717) is 5.56 Å². The average Bonchev–Trinajstić information content (AvgIpc) is 3.61. The molecule has 5 heterocycles. The van der Waals surface area contributed by atoms with Gasteiger partial charge in [0.15, 0.2) is 0 Å². The zero-order chi connectivity index (χ0) is 22.6. The molecule has 7 heteroatoms. The molecule has 34 heavy (non-hydrogen) atoms. The van der Waals surface area contributed by atoms with Crippen molar-refractivity contribution in [1.29, 1.82) is 0 Å². The van der Waals surface area contributed by atoms with Gasteiger partial charge < -0.3 is 15.1 Å². The third-order valence-corrected chi connectivity index (χ3v) is 5.01. The Bertz CT molecular complexity index is 1460. The van der Waals surface area contributed by atoms with E-state index in [0.717, 1.165) is 44.8 Å². The van der Waals surface area contributed by atoms with Gasteiger partial charge in [-0.25, -0.2) is 14.8 Å². The van der Waals surface area contributed by atoms with E-state index in [1.165, 1.54) is 12.1 Å². The van der Waals surface area contributed by atoms with Crippen molar-refractivity contribution in [2.45, 2.75) is 0 Å². The standard InChI is InChI=1S/C20H14N4.C7H5O2.V/c1-2-14-10-16-5-6-18(23-16)12-20-8-7-19(24-20)11-17-4-3-15(22-17)9-13(1)21-14;8-7(9)6-4-2-1-3-5-6;/h1-12,21-22H;2-5H,(H,8,9);/q;-1;. The molecule has 165 valence electrons. The number of nitrogens with zero attached hydrogens (tertiary/aromatic N) is 2. The summed E-state index contributed by atoms with van der Waals surface area (Å²) >= 11 is 0. The van der Waals surface area contributed by atoms with Crippen LogP contribution in [-0.2, 0) is 18.6 Å². The first kappa shape index (κ1) is 23.0. The Morgan fingerprint density at radius 2 is 1.06 bits per heavy atom. The van der Waals surface area contributed by atoms with Crippen LogP contribution in [0, 0.1) is 6.07 Å². The van der Waals surface area contributed by atoms with Gasteiger partial charge in [0, 0.05) is 40.6 Å². The number of carboxylic acids is 1. The second-order valence-corrected chi connectivity index (χ2v) is 7.50. The van der Waals surface area contributed by atoms with Gasteiger partial charge in [-0.15, -0.1) is 0 Å². The summed E-state index contributed by atoms with van der Waals surface area (Å²) in [5.74, 6) is -0.899. The van der Waals surface area contributed by atoms with Gasteiger partial charge in [0.05, 0.1) is 22.8 Å². The molecular formula is C27H19N4O2V-. The van der Waals surface area contributed by atoms with E-state index in [1.54, 1.807) is 12.1 Å². The fourth-order valence-electron chi connectivity index (χ4n) is 3.47. The molecular weight excluding hydrogens is 463 g/mol. The molecule has 6 nitrogen and oxygen atoms in total. The van der Waals surface area contributed by atoms with Crippen molar-refractivity contribution in [3.8, 4) is 0 Å². The Morgan fingerprint density at radius 1 is 0.647 bits per heavy atom. The van der Waals surface area contributed by atoms with Crippen molar-refractivity contribution in [3.05, 3.63) is 107 Å². The number of nitrogens with one attached hydrogen (secondary N) is 2. The number of H-pyrrole nitrogens is 2. The van der Waals surface area contributed by atoms with Crippen molar-refractivity contribution in [2.75, 3.05) is 0 Å². The second kappa shape index (κ2) is 10.2. The van der Waals surface area contributed by atoms with Crippen LogP contribution in [0.3, 0.4) is 0 Å². The van der Waals surface area contributed by atoms with Crippen molar-refractivity contribution < 1.29 is 28.5 Å². The summed E-state index contributed by atoms with van der Waals surface area (Å²) in [5, 5.41) is 8.37. The number of aromatic carboxylic acids is 1. The third kappa shape index (κ3) is 5.62. The van der Waals surface area contributed by atoms with Crippen molar-refractivity contribution in [3.63, 3.8) is 0 Å². The molecule has 0 fully saturated rings. The molecule has 0 spiro atoms. The van der Waals surface area contributed by atoms with E-state index in [2.05, 4.69) is 56.3 Å². The summed E-state index contributed by atoms with van der Waals surface area (Å²) in [6, 6.07) is 25.3. The van der Waals surface area contributed by atoms with Gasteiger partial charge >= 0.3 is 5.97 Å². The maximum absolute atomic E-state index is 10.2. The molecule has 1 radical (unpaired) electrons. The van der Waals surface area contributed by atoms with Gasteiger partial charge in [-0.05, 0) is 78.4 Å². The van der Waals surface area contributed by atoms with E-state index >= 15 is 0 Å². The minimum atomic E-state index is -0.899. The Morgan fingerprint density at radius 3 is 1.47 bits per heavy atom. The smallest absolute Gasteiger partial charge is 0.311 e. The van der Waals surface area contributed by atoms with Gasteiger partial charge in [0.1, 0.15) is 0 Å². The van der Waals surface area contributed by atoms with Crippen LogP contribution in [0.25, 0.3) is 46.4 Å². The molecule has 0 aliphatic carbocycles. The average molecular weight is 482 g/mol. The molecule has 4 aromatic rings. The van der Waals surface area contributed by atoms with Crippen LogP contribution in [-0.4, -0.2) is 31.0 Å². The third-order valence-electron chi connectivity index (χ3n) is 5.01. The minimum absolute atomic E-state index is 0. The number of hydrogen-bond acceptors (Lipinski definition) is 3. The Kier molecular flexibility index (Phi) is 6.92. The largest absolute Gasteiger partial charge is 0.479 e. The van der Waals surface area contributed by atoms with Gasteiger partial charge in [0.25, 0.3) is 0 Å². The quantitative estimate of drug-likeness (QED) is 0.257. The Hall–Kier alpha value is -4.13. The van der Waals surface area contributed by atoms with E-state index in [9.17, 15) is 4.79 Å². The molecule has 3 aromatic heterocycles. The first-order valence-corrected chi connectivity index (χ1v) is 10.3. The molecule has 6 rings (SSSR count). The van der Waals surface area contributed by atoms with E-state index in [1.807, 2.05) is 42.5 Å². The minimum Gasteiger partial charge on any atom is -0.479 e. The zero-order valence-corrected chi connectivity index (χ0v) is 19.3. The van der Waals surface area contributed by atoms with E-state index in [4.69, 9.17) is 5.11 Å². The maximum Gasteiger partial charge on any atom is 0.311 e. The van der Waals surface area contributed by atoms with Crippen LogP contribution in [0.4, 0.5) is 0 Å². The van der Waals surface area contributed by atoms with E-state index < -0.39 is 5.97 Å². The number of fused-ring (bicyclic) bond motifs is 8. The summed E-state index contributed by atoms with van der Waals surface area (Å²) in [4.78, 5) is 26.2. The molecule has 0 unspecified atom stereocenters. The fourth-order valence-corrected chi connectivity index (χ4v) is 3.47. The van der Waals surface area contributed by atoms with Crippen LogP contribution in [0.2, 0.25) is 0 Å². The van der Waals surface area contributed by atoms with Crippen LogP contribution in [0.5, 0.6) is 0 Å². The summed E-state index contributed by atoms with van der Waals surface area (Å²) < 4.78 is 0. The normalized spacial score (nSPS) is 11.3. The number of aromatic nitrogens is 4.